The van der Waals surface area contributed by atoms with E-state index in [2.05, 4.69) is 46.3 Å². The summed E-state index contributed by atoms with van der Waals surface area (Å²) in [5.41, 5.74) is 9.55. The first kappa shape index (κ1) is 25.6. The van der Waals surface area contributed by atoms with Crippen LogP contribution in [0.15, 0.2) is 53.1 Å². The summed E-state index contributed by atoms with van der Waals surface area (Å²) in [6.07, 6.45) is 3.26. The molecular weight excluding hydrogens is 454 g/mol. The fraction of sp³-hybridized carbons (Fsp3) is 0.429. The molecule has 4 rings (SSSR count). The lowest BCUT2D eigenvalue weighted by Gasteiger charge is -2.30. The quantitative estimate of drug-likeness (QED) is 0.442. The summed E-state index contributed by atoms with van der Waals surface area (Å²) in [6.45, 7) is 7.08. The number of aryl methyl sites for hydroxylation is 1. The number of likely N-dealkylation sites (tertiary alicyclic amines) is 1. The molecule has 0 spiro atoms. The van der Waals surface area contributed by atoms with Crippen LogP contribution in [0, 0.1) is 5.92 Å². The van der Waals surface area contributed by atoms with Gasteiger partial charge < -0.3 is 20.5 Å². The Bertz CT molecular complexity index is 1150. The lowest BCUT2D eigenvalue weighted by molar-refractivity contribution is -0.123. The van der Waals surface area contributed by atoms with Gasteiger partial charge in [0.25, 0.3) is 0 Å². The van der Waals surface area contributed by atoms with Crippen molar-refractivity contribution in [3.05, 3.63) is 65.5 Å². The maximum absolute atomic E-state index is 12.4. The van der Waals surface area contributed by atoms with Gasteiger partial charge in [-0.15, -0.1) is 0 Å². The van der Waals surface area contributed by atoms with Crippen molar-refractivity contribution in [2.75, 3.05) is 25.0 Å². The van der Waals surface area contributed by atoms with Crippen molar-refractivity contribution in [1.82, 2.24) is 15.0 Å². The summed E-state index contributed by atoms with van der Waals surface area (Å²) in [4.78, 5) is 30.5. The van der Waals surface area contributed by atoms with E-state index >= 15 is 0 Å². The van der Waals surface area contributed by atoms with Crippen LogP contribution in [-0.2, 0) is 22.4 Å². The zero-order valence-electron chi connectivity index (χ0n) is 21.1. The normalized spacial score (nSPS) is 14.8. The molecule has 8 heteroatoms. The monoisotopic (exact) mass is 489 g/mol. The molecule has 3 N–H and O–H groups in total. The summed E-state index contributed by atoms with van der Waals surface area (Å²) >= 11 is 0. The smallest absolute Gasteiger partial charge is 0.227 e. The van der Waals surface area contributed by atoms with Crippen molar-refractivity contribution < 1.29 is 14.1 Å². The van der Waals surface area contributed by atoms with Gasteiger partial charge in [-0.05, 0) is 61.5 Å². The van der Waals surface area contributed by atoms with Crippen molar-refractivity contribution in [1.29, 1.82) is 0 Å². The third-order valence-corrected chi connectivity index (χ3v) is 6.81. The van der Waals surface area contributed by atoms with Crippen molar-refractivity contribution >= 4 is 17.5 Å². The standard InChI is InChI=1S/C28H35N5O3/c1-19(2)21-5-7-23(8-6-21)28-31-26(36-32-28)12-11-25(34)30-24-9-3-20(4-10-24)13-16-33-17-14-22(15-18-33)27(29)35/h3-10,19,22H,11-18H2,1-2H3,(H2,29,35)(H,30,34). The molecule has 190 valence electrons. The van der Waals surface area contributed by atoms with Gasteiger partial charge in [-0.2, -0.15) is 4.98 Å². The van der Waals surface area contributed by atoms with Gasteiger partial charge in [0.15, 0.2) is 0 Å². The van der Waals surface area contributed by atoms with E-state index in [4.69, 9.17) is 10.3 Å². The van der Waals surface area contributed by atoms with Crippen molar-refractivity contribution in [3.63, 3.8) is 0 Å². The Balaban J connectivity index is 1.19. The number of carbonyl (C=O) groups excluding carboxylic acids is 2. The highest BCUT2D eigenvalue weighted by Crippen LogP contribution is 2.21. The predicted molar refractivity (Wildman–Crippen MR) is 139 cm³/mol. The fourth-order valence-corrected chi connectivity index (χ4v) is 4.42. The van der Waals surface area contributed by atoms with Gasteiger partial charge in [0.1, 0.15) is 0 Å². The maximum atomic E-state index is 12.4. The first-order chi connectivity index (χ1) is 17.4. The Hall–Kier alpha value is -3.52. The molecule has 1 saturated heterocycles. The fourth-order valence-electron chi connectivity index (χ4n) is 4.42. The number of amides is 2. The molecule has 0 radical (unpaired) electrons. The van der Waals surface area contributed by atoms with E-state index in [-0.39, 0.29) is 24.2 Å². The molecule has 36 heavy (non-hydrogen) atoms. The van der Waals surface area contributed by atoms with Crippen molar-refractivity contribution in [3.8, 4) is 11.4 Å². The number of nitrogens with one attached hydrogen (secondary N) is 1. The Morgan fingerprint density at radius 3 is 2.39 bits per heavy atom. The van der Waals surface area contributed by atoms with E-state index in [0.29, 0.717) is 24.1 Å². The third kappa shape index (κ3) is 7.01. The highest BCUT2D eigenvalue weighted by Gasteiger charge is 2.22. The average molecular weight is 490 g/mol. The van der Waals surface area contributed by atoms with Gasteiger partial charge in [-0.25, -0.2) is 0 Å². The number of aromatic nitrogens is 2. The summed E-state index contributed by atoms with van der Waals surface area (Å²) in [7, 11) is 0. The lowest BCUT2D eigenvalue weighted by atomic mass is 9.96. The van der Waals surface area contributed by atoms with Gasteiger partial charge in [-0.3, -0.25) is 9.59 Å². The summed E-state index contributed by atoms with van der Waals surface area (Å²) in [6, 6.07) is 16.1. The van der Waals surface area contributed by atoms with Crippen LogP contribution in [0.1, 0.15) is 56.0 Å². The first-order valence-corrected chi connectivity index (χ1v) is 12.7. The van der Waals surface area contributed by atoms with Crippen LogP contribution in [0.2, 0.25) is 0 Å². The number of benzene rings is 2. The van der Waals surface area contributed by atoms with E-state index < -0.39 is 0 Å². The lowest BCUT2D eigenvalue weighted by Crippen LogP contribution is -2.39. The Morgan fingerprint density at radius 2 is 1.75 bits per heavy atom. The van der Waals surface area contributed by atoms with Gasteiger partial charge in [-0.1, -0.05) is 55.4 Å². The predicted octanol–water partition coefficient (Wildman–Crippen LogP) is 4.17. The highest BCUT2D eigenvalue weighted by atomic mass is 16.5. The Kier molecular flexibility index (Phi) is 8.48. The minimum Gasteiger partial charge on any atom is -0.369 e. The van der Waals surface area contributed by atoms with Gasteiger partial charge in [0.2, 0.25) is 23.5 Å². The molecule has 8 nitrogen and oxygen atoms in total. The third-order valence-electron chi connectivity index (χ3n) is 6.81. The Labute approximate surface area is 212 Å². The first-order valence-electron chi connectivity index (χ1n) is 12.7. The average Bonchev–Trinajstić information content (AvgIpc) is 3.36. The highest BCUT2D eigenvalue weighted by molar-refractivity contribution is 5.90. The van der Waals surface area contributed by atoms with Crippen LogP contribution in [-0.4, -0.2) is 46.5 Å². The number of piperidine rings is 1. The van der Waals surface area contributed by atoms with Crippen LogP contribution in [0.5, 0.6) is 0 Å². The number of carbonyl (C=O) groups is 2. The largest absolute Gasteiger partial charge is 0.369 e. The van der Waals surface area contributed by atoms with Crippen LogP contribution in [0.25, 0.3) is 11.4 Å². The molecule has 0 saturated carbocycles. The van der Waals surface area contributed by atoms with E-state index in [9.17, 15) is 9.59 Å². The van der Waals surface area contributed by atoms with E-state index in [1.165, 1.54) is 11.1 Å². The number of nitrogens with zero attached hydrogens (tertiary/aromatic N) is 3. The maximum Gasteiger partial charge on any atom is 0.227 e. The number of anilines is 1. The number of nitrogens with two attached hydrogens (primary N) is 1. The molecule has 3 aromatic rings. The van der Waals surface area contributed by atoms with Crippen LogP contribution >= 0.6 is 0 Å². The van der Waals surface area contributed by atoms with Crippen molar-refractivity contribution in [2.24, 2.45) is 11.7 Å². The Morgan fingerprint density at radius 1 is 1.06 bits per heavy atom. The molecule has 0 aliphatic carbocycles. The second kappa shape index (κ2) is 11.9. The van der Waals surface area contributed by atoms with E-state index in [1.54, 1.807) is 0 Å². The zero-order valence-corrected chi connectivity index (χ0v) is 21.1. The molecule has 0 bridgehead atoms. The van der Waals surface area contributed by atoms with Gasteiger partial charge >= 0.3 is 0 Å². The molecule has 1 aromatic heterocycles. The summed E-state index contributed by atoms with van der Waals surface area (Å²) in [5.74, 6) is 1.20. The summed E-state index contributed by atoms with van der Waals surface area (Å²) < 4.78 is 5.34. The zero-order chi connectivity index (χ0) is 25.5. The molecule has 2 amide bonds. The van der Waals surface area contributed by atoms with Crippen molar-refractivity contribution in [2.45, 2.75) is 51.9 Å². The number of hydrogen-bond donors (Lipinski definition) is 2. The molecule has 1 fully saturated rings. The van der Waals surface area contributed by atoms with Gasteiger partial charge in [0.05, 0.1) is 0 Å². The second-order valence-electron chi connectivity index (χ2n) is 9.80. The topological polar surface area (TPSA) is 114 Å². The molecule has 0 atom stereocenters. The molecule has 1 aliphatic heterocycles. The number of rotatable bonds is 10. The van der Waals surface area contributed by atoms with Crippen LogP contribution in [0.4, 0.5) is 5.69 Å². The van der Waals surface area contributed by atoms with Gasteiger partial charge in [0, 0.05) is 36.6 Å². The van der Waals surface area contributed by atoms with E-state index in [0.717, 1.165) is 50.1 Å². The van der Waals surface area contributed by atoms with E-state index in [1.807, 2.05) is 36.4 Å². The minimum absolute atomic E-state index is 0.0213. The number of primary amides is 1. The van der Waals surface area contributed by atoms with Crippen LogP contribution in [0.3, 0.4) is 0 Å². The molecular formula is C28H35N5O3. The minimum atomic E-state index is -0.179. The SMILES string of the molecule is CC(C)c1ccc(-c2noc(CCC(=O)Nc3ccc(CCN4CCC(C(N)=O)CC4)cc3)n2)cc1. The molecule has 2 heterocycles. The summed E-state index contributed by atoms with van der Waals surface area (Å²) in [5, 5.41) is 6.99. The van der Waals surface area contributed by atoms with Crippen LogP contribution < -0.4 is 11.1 Å². The number of hydrogen-bond acceptors (Lipinski definition) is 6. The second-order valence-corrected chi connectivity index (χ2v) is 9.80. The molecule has 0 unspecified atom stereocenters. The molecule has 2 aromatic carbocycles. The molecule has 1 aliphatic rings.